The second kappa shape index (κ2) is 7.10. The summed E-state index contributed by atoms with van der Waals surface area (Å²) in [5.74, 6) is 0.839. The molecule has 2 aromatic rings. The van der Waals surface area contributed by atoms with Crippen molar-refractivity contribution in [1.82, 2.24) is 14.8 Å². The fraction of sp³-hybridized carbons (Fsp3) is 0.235. The van der Waals surface area contributed by atoms with Gasteiger partial charge in [0.15, 0.2) is 0 Å². The summed E-state index contributed by atoms with van der Waals surface area (Å²) in [6, 6.07) is 5.16. The van der Waals surface area contributed by atoms with Crippen LogP contribution in [0.4, 0.5) is 5.95 Å². The largest absolute Gasteiger partial charge is 0.496 e. The minimum atomic E-state index is -0.460. The SMILES string of the molecule is C=CCOC(=O)C1=C(C)Nc2ncnn2[C@H]1c1ccc(OC)c(Br)c1. The molecule has 0 amide bonds. The van der Waals surface area contributed by atoms with Crippen molar-refractivity contribution in [3.63, 3.8) is 0 Å². The van der Waals surface area contributed by atoms with Gasteiger partial charge in [0.25, 0.3) is 0 Å². The third kappa shape index (κ3) is 3.17. The first-order valence-corrected chi connectivity index (χ1v) is 8.34. The van der Waals surface area contributed by atoms with Gasteiger partial charge in [0.2, 0.25) is 5.95 Å². The van der Waals surface area contributed by atoms with Crippen molar-refractivity contribution in [2.24, 2.45) is 0 Å². The molecular weight excluding hydrogens is 388 g/mol. The molecule has 7 nitrogen and oxygen atoms in total. The zero-order chi connectivity index (χ0) is 18.0. The number of esters is 1. The maximum atomic E-state index is 12.6. The normalized spacial score (nSPS) is 16.0. The second-order valence-corrected chi connectivity index (χ2v) is 6.23. The van der Waals surface area contributed by atoms with Gasteiger partial charge in [0, 0.05) is 5.70 Å². The molecule has 0 unspecified atom stereocenters. The number of ether oxygens (including phenoxy) is 2. The minimum Gasteiger partial charge on any atom is -0.496 e. The number of carbonyl (C=O) groups excluding carboxylic acids is 1. The van der Waals surface area contributed by atoms with Crippen LogP contribution >= 0.6 is 15.9 Å². The molecule has 0 spiro atoms. The molecule has 0 radical (unpaired) electrons. The zero-order valence-electron chi connectivity index (χ0n) is 13.8. The molecule has 1 aromatic carbocycles. The standard InChI is InChI=1S/C17H17BrN4O3/c1-4-7-25-16(23)14-10(2)21-17-19-9-20-22(17)15(14)11-5-6-13(24-3)12(18)8-11/h4-6,8-9,15H,1,7H2,2-3H3,(H,19,20,21)/t15-/m0/s1. The van der Waals surface area contributed by atoms with Gasteiger partial charge in [-0.25, -0.2) is 9.48 Å². The van der Waals surface area contributed by atoms with Crippen LogP contribution in [0.3, 0.4) is 0 Å². The van der Waals surface area contributed by atoms with E-state index in [4.69, 9.17) is 9.47 Å². The molecule has 1 atom stereocenters. The van der Waals surface area contributed by atoms with Crippen LogP contribution < -0.4 is 10.1 Å². The van der Waals surface area contributed by atoms with Crippen molar-refractivity contribution in [2.75, 3.05) is 19.0 Å². The number of allylic oxidation sites excluding steroid dienone is 1. The molecule has 25 heavy (non-hydrogen) atoms. The van der Waals surface area contributed by atoms with Crippen molar-refractivity contribution in [3.8, 4) is 5.75 Å². The van der Waals surface area contributed by atoms with E-state index in [0.29, 0.717) is 23.0 Å². The highest BCUT2D eigenvalue weighted by atomic mass is 79.9. The fourth-order valence-electron chi connectivity index (χ4n) is 2.73. The molecule has 0 saturated heterocycles. The Labute approximate surface area is 153 Å². The van der Waals surface area contributed by atoms with Gasteiger partial charge < -0.3 is 14.8 Å². The number of nitrogens with one attached hydrogen (secondary N) is 1. The van der Waals surface area contributed by atoms with E-state index >= 15 is 0 Å². The van der Waals surface area contributed by atoms with E-state index in [1.54, 1.807) is 11.8 Å². The highest BCUT2D eigenvalue weighted by Crippen LogP contribution is 2.37. The lowest BCUT2D eigenvalue weighted by molar-refractivity contribution is -0.138. The van der Waals surface area contributed by atoms with E-state index in [9.17, 15) is 4.79 Å². The van der Waals surface area contributed by atoms with E-state index in [-0.39, 0.29) is 6.61 Å². The predicted molar refractivity (Wildman–Crippen MR) is 96.3 cm³/mol. The second-order valence-electron chi connectivity index (χ2n) is 5.38. The molecule has 130 valence electrons. The Balaban J connectivity index is 2.10. The minimum absolute atomic E-state index is 0.138. The number of anilines is 1. The molecule has 8 heteroatoms. The van der Waals surface area contributed by atoms with E-state index in [1.165, 1.54) is 12.4 Å². The number of rotatable bonds is 5. The van der Waals surface area contributed by atoms with Gasteiger partial charge in [-0.15, -0.1) is 0 Å². The Morgan fingerprint density at radius 2 is 2.32 bits per heavy atom. The smallest absolute Gasteiger partial charge is 0.338 e. The Morgan fingerprint density at radius 3 is 3.00 bits per heavy atom. The van der Waals surface area contributed by atoms with Gasteiger partial charge in [-0.1, -0.05) is 18.7 Å². The number of hydrogen-bond acceptors (Lipinski definition) is 6. The number of aromatic nitrogens is 3. The van der Waals surface area contributed by atoms with Crippen molar-refractivity contribution in [3.05, 3.63) is 58.5 Å². The van der Waals surface area contributed by atoms with Crippen LogP contribution in [0.2, 0.25) is 0 Å². The maximum Gasteiger partial charge on any atom is 0.338 e. The van der Waals surface area contributed by atoms with Gasteiger partial charge >= 0.3 is 5.97 Å². The lowest BCUT2D eigenvalue weighted by Crippen LogP contribution is -2.29. The number of halogens is 1. The molecule has 1 N–H and O–H groups in total. The van der Waals surface area contributed by atoms with Crippen LogP contribution in [0.1, 0.15) is 18.5 Å². The van der Waals surface area contributed by atoms with Gasteiger partial charge in [-0.05, 0) is 40.5 Å². The van der Waals surface area contributed by atoms with Crippen LogP contribution in [0, 0.1) is 0 Å². The molecule has 2 heterocycles. The predicted octanol–water partition coefficient (Wildman–Crippen LogP) is 3.07. The van der Waals surface area contributed by atoms with Gasteiger partial charge in [0.1, 0.15) is 24.7 Å². The first kappa shape index (κ1) is 17.2. The molecule has 1 aliphatic heterocycles. The van der Waals surface area contributed by atoms with Crippen LogP contribution in [0.5, 0.6) is 5.75 Å². The number of carbonyl (C=O) groups is 1. The number of fused-ring (bicyclic) bond motifs is 1. The topological polar surface area (TPSA) is 78.3 Å². The average molecular weight is 405 g/mol. The summed E-state index contributed by atoms with van der Waals surface area (Å²) in [6.45, 7) is 5.53. The summed E-state index contributed by atoms with van der Waals surface area (Å²) in [4.78, 5) is 16.8. The third-order valence-electron chi connectivity index (χ3n) is 3.84. The number of nitrogens with zero attached hydrogens (tertiary/aromatic N) is 3. The lowest BCUT2D eigenvalue weighted by atomic mass is 9.96. The van der Waals surface area contributed by atoms with Gasteiger partial charge in [0.05, 0.1) is 17.2 Å². The number of methoxy groups -OCH3 is 1. The van der Waals surface area contributed by atoms with Crippen molar-refractivity contribution in [1.29, 1.82) is 0 Å². The van der Waals surface area contributed by atoms with E-state index in [1.807, 2.05) is 25.1 Å². The zero-order valence-corrected chi connectivity index (χ0v) is 15.4. The molecular formula is C17H17BrN4O3. The molecule has 0 saturated carbocycles. The molecule has 0 bridgehead atoms. The van der Waals surface area contributed by atoms with Crippen LogP contribution in [0.25, 0.3) is 0 Å². The summed E-state index contributed by atoms with van der Waals surface area (Å²) in [6.07, 6.45) is 2.98. The summed E-state index contributed by atoms with van der Waals surface area (Å²) < 4.78 is 13.0. The summed E-state index contributed by atoms with van der Waals surface area (Å²) in [7, 11) is 1.60. The molecule has 0 aliphatic carbocycles. The average Bonchev–Trinajstić information content (AvgIpc) is 3.06. The van der Waals surface area contributed by atoms with Crippen LogP contribution in [0.15, 0.2) is 52.9 Å². The summed E-state index contributed by atoms with van der Waals surface area (Å²) in [5.41, 5.74) is 1.99. The van der Waals surface area contributed by atoms with Crippen molar-refractivity contribution < 1.29 is 14.3 Å². The highest BCUT2D eigenvalue weighted by Gasteiger charge is 2.34. The Bertz CT molecular complexity index is 859. The first-order chi connectivity index (χ1) is 12.1. The molecule has 3 rings (SSSR count). The van der Waals surface area contributed by atoms with Gasteiger partial charge in [-0.2, -0.15) is 10.1 Å². The van der Waals surface area contributed by atoms with Crippen LogP contribution in [-0.2, 0) is 9.53 Å². The quantitative estimate of drug-likeness (QED) is 0.609. The van der Waals surface area contributed by atoms with E-state index in [0.717, 1.165) is 10.0 Å². The third-order valence-corrected chi connectivity index (χ3v) is 4.46. The Morgan fingerprint density at radius 1 is 1.52 bits per heavy atom. The number of benzene rings is 1. The molecule has 1 aliphatic rings. The first-order valence-electron chi connectivity index (χ1n) is 7.55. The summed E-state index contributed by atoms with van der Waals surface area (Å²) >= 11 is 3.49. The lowest BCUT2D eigenvalue weighted by Gasteiger charge is -2.28. The Hall–Kier alpha value is -2.61. The maximum absolute atomic E-state index is 12.6. The number of hydrogen-bond donors (Lipinski definition) is 1. The van der Waals surface area contributed by atoms with Crippen molar-refractivity contribution in [2.45, 2.75) is 13.0 Å². The highest BCUT2D eigenvalue weighted by molar-refractivity contribution is 9.10. The molecule has 1 aromatic heterocycles. The monoisotopic (exact) mass is 404 g/mol. The van der Waals surface area contributed by atoms with Gasteiger partial charge in [-0.3, -0.25) is 0 Å². The Kier molecular flexibility index (Phi) is 4.89. The van der Waals surface area contributed by atoms with E-state index < -0.39 is 12.0 Å². The molecule has 0 fully saturated rings. The van der Waals surface area contributed by atoms with E-state index in [2.05, 4.69) is 37.9 Å². The van der Waals surface area contributed by atoms with Crippen LogP contribution in [-0.4, -0.2) is 34.5 Å². The summed E-state index contributed by atoms with van der Waals surface area (Å²) in [5, 5.41) is 7.36. The fourth-order valence-corrected chi connectivity index (χ4v) is 3.29. The van der Waals surface area contributed by atoms with Crippen molar-refractivity contribution >= 4 is 27.8 Å².